The molecule has 0 aliphatic rings. The molecule has 0 radical (unpaired) electrons. The van der Waals surface area contributed by atoms with E-state index in [1.807, 2.05) is 19.3 Å². The third kappa shape index (κ3) is 5.57. The Morgan fingerprint density at radius 3 is 2.79 bits per heavy atom. The van der Waals surface area contributed by atoms with Crippen LogP contribution in [-0.4, -0.2) is 37.3 Å². The van der Waals surface area contributed by atoms with Crippen LogP contribution in [0.3, 0.4) is 0 Å². The summed E-state index contributed by atoms with van der Waals surface area (Å²) in [5.41, 5.74) is 2.50. The van der Waals surface area contributed by atoms with Crippen molar-refractivity contribution in [3.8, 4) is 0 Å². The molecule has 1 aromatic heterocycles. The number of nitrogens with zero attached hydrogens (tertiary/aromatic N) is 2. The van der Waals surface area contributed by atoms with E-state index in [0.717, 1.165) is 32.8 Å². The average Bonchev–Trinajstić information content (AvgIpc) is 2.42. The van der Waals surface area contributed by atoms with Crippen molar-refractivity contribution in [1.29, 1.82) is 0 Å². The molecule has 0 unspecified atom stereocenters. The summed E-state index contributed by atoms with van der Waals surface area (Å²) in [6, 6.07) is 2.58. The molecule has 0 saturated heterocycles. The van der Waals surface area contributed by atoms with Crippen LogP contribution in [0.2, 0.25) is 0 Å². The van der Waals surface area contributed by atoms with Crippen LogP contribution in [-0.2, 0) is 11.3 Å². The van der Waals surface area contributed by atoms with Crippen molar-refractivity contribution >= 4 is 5.69 Å². The molecule has 0 spiro atoms. The van der Waals surface area contributed by atoms with Crippen molar-refractivity contribution in [2.24, 2.45) is 0 Å². The summed E-state index contributed by atoms with van der Waals surface area (Å²) in [5.74, 6) is 0. The molecule has 0 aliphatic carbocycles. The van der Waals surface area contributed by atoms with Gasteiger partial charge in [-0.15, -0.1) is 0 Å². The fraction of sp³-hybridized carbons (Fsp3) is 0.667. The third-order valence-corrected chi connectivity index (χ3v) is 3.02. The van der Waals surface area contributed by atoms with E-state index in [4.69, 9.17) is 4.74 Å². The van der Waals surface area contributed by atoms with Crippen LogP contribution in [0, 0.1) is 0 Å². The summed E-state index contributed by atoms with van der Waals surface area (Å²) < 4.78 is 5.45. The molecule has 0 saturated carbocycles. The predicted molar refractivity (Wildman–Crippen MR) is 80.6 cm³/mol. The maximum Gasteiger partial charge on any atom is 0.0641 e. The second-order valence-corrected chi connectivity index (χ2v) is 4.82. The van der Waals surface area contributed by atoms with Gasteiger partial charge in [-0.3, -0.25) is 4.98 Å². The molecular weight excluding hydrogens is 238 g/mol. The fourth-order valence-corrected chi connectivity index (χ4v) is 1.93. The Hall–Kier alpha value is -1.13. The lowest BCUT2D eigenvalue weighted by Gasteiger charge is -2.25. The first-order valence-corrected chi connectivity index (χ1v) is 7.18. The molecular formula is C15H27N3O. The summed E-state index contributed by atoms with van der Waals surface area (Å²) in [4.78, 5) is 6.58. The number of likely N-dealkylation sites (N-methyl/N-ethyl adjacent to an activating group) is 1. The van der Waals surface area contributed by atoms with E-state index < -0.39 is 0 Å². The zero-order chi connectivity index (χ0) is 14.1. The van der Waals surface area contributed by atoms with Crippen LogP contribution in [0.1, 0.15) is 33.3 Å². The van der Waals surface area contributed by atoms with E-state index in [-0.39, 0.29) is 0 Å². The summed E-state index contributed by atoms with van der Waals surface area (Å²) >= 11 is 0. The Morgan fingerprint density at radius 2 is 2.16 bits per heavy atom. The number of rotatable bonds is 9. The van der Waals surface area contributed by atoms with E-state index >= 15 is 0 Å². The first-order chi connectivity index (χ1) is 9.19. The molecule has 0 fully saturated rings. The highest BCUT2D eigenvalue weighted by Gasteiger charge is 2.10. The van der Waals surface area contributed by atoms with Crippen LogP contribution in [0.15, 0.2) is 18.5 Å². The SMILES string of the molecule is CCOCCN(CC)c1cnccc1CNC(C)C. The summed E-state index contributed by atoms with van der Waals surface area (Å²) in [6.07, 6.45) is 3.81. The van der Waals surface area contributed by atoms with Crippen LogP contribution in [0.4, 0.5) is 5.69 Å². The zero-order valence-electron chi connectivity index (χ0n) is 12.6. The quantitative estimate of drug-likeness (QED) is 0.696. The van der Waals surface area contributed by atoms with Gasteiger partial charge in [0.1, 0.15) is 0 Å². The van der Waals surface area contributed by atoms with Gasteiger partial charge in [0, 0.05) is 38.5 Å². The second-order valence-electron chi connectivity index (χ2n) is 4.82. The van der Waals surface area contributed by atoms with Crippen molar-refractivity contribution in [2.75, 3.05) is 31.2 Å². The first-order valence-electron chi connectivity index (χ1n) is 7.18. The number of hydrogen-bond acceptors (Lipinski definition) is 4. The standard InChI is InChI=1S/C15H27N3O/c1-5-18(9-10-19-6-2)15-12-16-8-7-14(15)11-17-13(3)4/h7-8,12-13,17H,5-6,9-11H2,1-4H3. The number of ether oxygens (including phenoxy) is 1. The van der Waals surface area contributed by atoms with E-state index in [2.05, 4.69) is 42.0 Å². The monoisotopic (exact) mass is 265 g/mol. The van der Waals surface area contributed by atoms with Gasteiger partial charge in [-0.1, -0.05) is 13.8 Å². The number of pyridine rings is 1. The molecule has 0 atom stereocenters. The topological polar surface area (TPSA) is 37.4 Å². The smallest absolute Gasteiger partial charge is 0.0641 e. The highest BCUT2D eigenvalue weighted by atomic mass is 16.5. The van der Waals surface area contributed by atoms with Gasteiger partial charge < -0.3 is 15.0 Å². The van der Waals surface area contributed by atoms with Crippen LogP contribution in [0.25, 0.3) is 0 Å². The van der Waals surface area contributed by atoms with Gasteiger partial charge in [-0.2, -0.15) is 0 Å². The minimum absolute atomic E-state index is 0.486. The largest absolute Gasteiger partial charge is 0.380 e. The van der Waals surface area contributed by atoms with E-state index in [1.54, 1.807) is 0 Å². The molecule has 19 heavy (non-hydrogen) atoms. The predicted octanol–water partition coefficient (Wildman–Crippen LogP) is 2.44. The van der Waals surface area contributed by atoms with Gasteiger partial charge >= 0.3 is 0 Å². The Bertz CT molecular complexity index is 355. The van der Waals surface area contributed by atoms with Gasteiger partial charge in [0.05, 0.1) is 18.5 Å². The third-order valence-electron chi connectivity index (χ3n) is 3.02. The average molecular weight is 265 g/mol. The fourth-order valence-electron chi connectivity index (χ4n) is 1.93. The Labute approximate surface area is 117 Å². The minimum atomic E-state index is 0.486. The maximum absolute atomic E-state index is 5.45. The van der Waals surface area contributed by atoms with Gasteiger partial charge in [-0.05, 0) is 25.5 Å². The second kappa shape index (κ2) is 8.88. The molecule has 4 heteroatoms. The minimum Gasteiger partial charge on any atom is -0.380 e. The lowest BCUT2D eigenvalue weighted by Crippen LogP contribution is -2.30. The van der Waals surface area contributed by atoms with Crippen LogP contribution in [0.5, 0.6) is 0 Å². The lowest BCUT2D eigenvalue weighted by atomic mass is 10.2. The first kappa shape index (κ1) is 15.9. The Kier molecular flexibility index (Phi) is 7.45. The highest BCUT2D eigenvalue weighted by Crippen LogP contribution is 2.18. The number of aromatic nitrogens is 1. The lowest BCUT2D eigenvalue weighted by molar-refractivity contribution is 0.154. The molecule has 1 rings (SSSR count). The zero-order valence-corrected chi connectivity index (χ0v) is 12.6. The molecule has 0 aromatic carbocycles. The summed E-state index contributed by atoms with van der Waals surface area (Å²) in [5, 5.41) is 3.46. The Morgan fingerprint density at radius 1 is 1.37 bits per heavy atom. The molecule has 1 N–H and O–H groups in total. The van der Waals surface area contributed by atoms with Crippen molar-refractivity contribution in [1.82, 2.24) is 10.3 Å². The van der Waals surface area contributed by atoms with Gasteiger partial charge in [0.2, 0.25) is 0 Å². The number of nitrogens with one attached hydrogen (secondary N) is 1. The number of hydrogen-bond donors (Lipinski definition) is 1. The van der Waals surface area contributed by atoms with Gasteiger partial charge in [0.25, 0.3) is 0 Å². The van der Waals surface area contributed by atoms with E-state index in [9.17, 15) is 0 Å². The van der Waals surface area contributed by atoms with Crippen molar-refractivity contribution in [2.45, 2.75) is 40.3 Å². The molecule has 1 aromatic rings. The van der Waals surface area contributed by atoms with Crippen molar-refractivity contribution in [3.05, 3.63) is 24.0 Å². The van der Waals surface area contributed by atoms with E-state index in [0.29, 0.717) is 6.04 Å². The molecule has 4 nitrogen and oxygen atoms in total. The normalized spacial score (nSPS) is 11.0. The highest BCUT2D eigenvalue weighted by molar-refractivity contribution is 5.51. The number of anilines is 1. The van der Waals surface area contributed by atoms with Gasteiger partial charge in [-0.25, -0.2) is 0 Å². The summed E-state index contributed by atoms with van der Waals surface area (Å²) in [7, 11) is 0. The molecule has 0 amide bonds. The van der Waals surface area contributed by atoms with Gasteiger partial charge in [0.15, 0.2) is 0 Å². The van der Waals surface area contributed by atoms with Crippen molar-refractivity contribution < 1.29 is 4.74 Å². The molecule has 0 bridgehead atoms. The maximum atomic E-state index is 5.45. The van der Waals surface area contributed by atoms with Crippen LogP contribution >= 0.6 is 0 Å². The molecule has 0 aliphatic heterocycles. The Balaban J connectivity index is 2.72. The molecule has 1 heterocycles. The van der Waals surface area contributed by atoms with Crippen molar-refractivity contribution in [3.63, 3.8) is 0 Å². The summed E-state index contributed by atoms with van der Waals surface area (Å²) in [6.45, 7) is 12.8. The van der Waals surface area contributed by atoms with Crippen LogP contribution < -0.4 is 10.2 Å². The molecule has 108 valence electrons. The van der Waals surface area contributed by atoms with E-state index in [1.165, 1.54) is 11.3 Å².